The molecule has 0 aliphatic carbocycles. The molecular formula is C26H27F3N8O3. The van der Waals surface area contributed by atoms with Crippen LogP contribution < -0.4 is 25.4 Å². The number of aromatic nitrogens is 4. The third kappa shape index (κ3) is 5.58. The molecule has 3 aromatic rings. The SMILES string of the molecule is CC#CCn1c(N2CCNCC2)nc2cnn(Cc3cc(OCC)c(N(C)C(=O)C(F)(F)F)cc3C#N)c(=O)c21. The lowest BCUT2D eigenvalue weighted by atomic mass is 10.1. The Balaban J connectivity index is 1.80. The molecule has 0 saturated carbocycles. The maximum Gasteiger partial charge on any atom is 0.471 e. The van der Waals surface area contributed by atoms with Gasteiger partial charge in [0.25, 0.3) is 5.56 Å². The molecule has 40 heavy (non-hydrogen) atoms. The van der Waals surface area contributed by atoms with Gasteiger partial charge in [0.15, 0.2) is 0 Å². The number of nitrogens with one attached hydrogen (secondary N) is 1. The van der Waals surface area contributed by atoms with Gasteiger partial charge in [-0.05, 0) is 31.5 Å². The molecule has 1 aliphatic rings. The highest BCUT2D eigenvalue weighted by molar-refractivity contribution is 5.98. The highest BCUT2D eigenvalue weighted by Gasteiger charge is 2.42. The summed E-state index contributed by atoms with van der Waals surface area (Å²) in [5.74, 6) is 4.27. The van der Waals surface area contributed by atoms with Crippen LogP contribution in [0.5, 0.6) is 5.75 Å². The number of amides is 1. The Labute approximate surface area is 227 Å². The highest BCUT2D eigenvalue weighted by atomic mass is 19.4. The van der Waals surface area contributed by atoms with Gasteiger partial charge in [-0.1, -0.05) is 5.92 Å². The van der Waals surface area contributed by atoms with Crippen molar-refractivity contribution >= 4 is 28.6 Å². The lowest BCUT2D eigenvalue weighted by Gasteiger charge is -2.28. The first-order valence-corrected chi connectivity index (χ1v) is 12.5. The van der Waals surface area contributed by atoms with E-state index in [1.807, 2.05) is 6.07 Å². The minimum atomic E-state index is -5.12. The molecule has 1 fully saturated rings. The number of nitrogens with zero attached hydrogens (tertiary/aromatic N) is 7. The molecule has 14 heteroatoms. The minimum absolute atomic E-state index is 0.0408. The van der Waals surface area contributed by atoms with E-state index in [1.54, 1.807) is 18.4 Å². The lowest BCUT2D eigenvalue weighted by Crippen LogP contribution is -2.44. The largest absolute Gasteiger partial charge is 0.492 e. The van der Waals surface area contributed by atoms with Crippen molar-refractivity contribution in [2.75, 3.05) is 49.6 Å². The zero-order valence-electron chi connectivity index (χ0n) is 22.2. The summed E-state index contributed by atoms with van der Waals surface area (Å²) in [7, 11) is 0.949. The van der Waals surface area contributed by atoms with E-state index >= 15 is 0 Å². The van der Waals surface area contributed by atoms with E-state index in [2.05, 4.69) is 32.1 Å². The van der Waals surface area contributed by atoms with Crippen LogP contribution in [0.1, 0.15) is 25.0 Å². The molecule has 1 saturated heterocycles. The molecule has 4 rings (SSSR count). The number of fused-ring (bicyclic) bond motifs is 1. The first kappa shape index (κ1) is 28.4. The number of rotatable bonds is 7. The van der Waals surface area contributed by atoms with Crippen molar-refractivity contribution in [3.63, 3.8) is 0 Å². The molecule has 1 aliphatic heterocycles. The van der Waals surface area contributed by atoms with Gasteiger partial charge in [-0.2, -0.15) is 23.5 Å². The fourth-order valence-electron chi connectivity index (χ4n) is 4.44. The van der Waals surface area contributed by atoms with Crippen LogP contribution in [0, 0.1) is 23.2 Å². The summed E-state index contributed by atoms with van der Waals surface area (Å²) in [6, 6.07) is 4.42. The summed E-state index contributed by atoms with van der Waals surface area (Å²) >= 11 is 0. The number of hydrogen-bond donors (Lipinski definition) is 1. The summed E-state index contributed by atoms with van der Waals surface area (Å²) in [6.07, 6.45) is -3.66. The van der Waals surface area contributed by atoms with E-state index in [-0.39, 0.29) is 42.3 Å². The van der Waals surface area contributed by atoms with Gasteiger partial charge in [0.2, 0.25) is 5.95 Å². The molecule has 2 aromatic heterocycles. The van der Waals surface area contributed by atoms with Crippen molar-refractivity contribution in [3.05, 3.63) is 39.8 Å². The molecule has 1 amide bonds. The van der Waals surface area contributed by atoms with Crippen LogP contribution >= 0.6 is 0 Å². The molecule has 0 atom stereocenters. The first-order chi connectivity index (χ1) is 19.1. The number of ether oxygens (including phenoxy) is 1. The smallest absolute Gasteiger partial charge is 0.471 e. The van der Waals surface area contributed by atoms with Crippen molar-refractivity contribution < 1.29 is 22.7 Å². The number of alkyl halides is 3. The summed E-state index contributed by atoms with van der Waals surface area (Å²) in [6.45, 7) is 6.41. The third-order valence-electron chi connectivity index (χ3n) is 6.38. The van der Waals surface area contributed by atoms with Crippen LogP contribution in [-0.2, 0) is 17.9 Å². The first-order valence-electron chi connectivity index (χ1n) is 12.5. The molecule has 0 unspecified atom stereocenters. The van der Waals surface area contributed by atoms with Crippen molar-refractivity contribution in [2.45, 2.75) is 33.1 Å². The number of hydrogen-bond acceptors (Lipinski definition) is 8. The number of carbonyl (C=O) groups is 1. The number of halogens is 3. The summed E-state index contributed by atoms with van der Waals surface area (Å²) in [5, 5.41) is 17.3. The highest BCUT2D eigenvalue weighted by Crippen LogP contribution is 2.34. The number of benzene rings is 1. The molecule has 1 aromatic carbocycles. The average molecular weight is 557 g/mol. The van der Waals surface area contributed by atoms with Gasteiger partial charge >= 0.3 is 12.1 Å². The predicted octanol–water partition coefficient (Wildman–Crippen LogP) is 1.87. The van der Waals surface area contributed by atoms with E-state index in [0.29, 0.717) is 35.0 Å². The normalized spacial score (nSPS) is 13.5. The Bertz CT molecular complexity index is 1590. The van der Waals surface area contributed by atoms with Crippen molar-refractivity contribution in [2.24, 2.45) is 0 Å². The van der Waals surface area contributed by atoms with E-state index in [0.717, 1.165) is 30.9 Å². The van der Waals surface area contributed by atoms with E-state index in [1.165, 1.54) is 12.3 Å². The molecule has 0 radical (unpaired) electrons. The number of nitriles is 1. The zero-order valence-corrected chi connectivity index (χ0v) is 22.2. The number of anilines is 2. The predicted molar refractivity (Wildman–Crippen MR) is 141 cm³/mol. The van der Waals surface area contributed by atoms with Gasteiger partial charge in [0, 0.05) is 33.2 Å². The van der Waals surface area contributed by atoms with Crippen LogP contribution in [0.4, 0.5) is 24.8 Å². The quantitative estimate of drug-likeness (QED) is 0.438. The zero-order chi connectivity index (χ0) is 29.0. The van der Waals surface area contributed by atoms with Crippen LogP contribution in [0.15, 0.2) is 23.1 Å². The van der Waals surface area contributed by atoms with E-state index < -0.39 is 17.6 Å². The molecule has 210 valence electrons. The van der Waals surface area contributed by atoms with Gasteiger partial charge in [0.1, 0.15) is 16.8 Å². The molecule has 11 nitrogen and oxygen atoms in total. The van der Waals surface area contributed by atoms with Gasteiger partial charge in [-0.25, -0.2) is 9.67 Å². The summed E-state index contributed by atoms with van der Waals surface area (Å²) in [4.78, 5) is 32.6. The summed E-state index contributed by atoms with van der Waals surface area (Å²) < 4.78 is 47.7. The van der Waals surface area contributed by atoms with Crippen molar-refractivity contribution in [1.29, 1.82) is 5.26 Å². The lowest BCUT2D eigenvalue weighted by molar-refractivity contribution is -0.170. The van der Waals surface area contributed by atoms with Crippen LogP contribution in [-0.4, -0.2) is 71.2 Å². The molecule has 0 spiro atoms. The fraction of sp³-hybridized carbons (Fsp3) is 0.423. The molecular weight excluding hydrogens is 529 g/mol. The second kappa shape index (κ2) is 11.7. The van der Waals surface area contributed by atoms with Crippen LogP contribution in [0.25, 0.3) is 11.0 Å². The average Bonchev–Trinajstić information content (AvgIpc) is 3.32. The van der Waals surface area contributed by atoms with Crippen LogP contribution in [0.3, 0.4) is 0 Å². The van der Waals surface area contributed by atoms with E-state index in [9.17, 15) is 28.0 Å². The third-order valence-corrected chi connectivity index (χ3v) is 6.38. The Morgan fingerprint density at radius 2 is 2.00 bits per heavy atom. The van der Waals surface area contributed by atoms with Gasteiger partial charge in [0.05, 0.1) is 43.2 Å². The Kier molecular flexibility index (Phi) is 8.30. The molecule has 3 heterocycles. The van der Waals surface area contributed by atoms with Gasteiger partial charge in [-0.3, -0.25) is 14.2 Å². The second-order valence-corrected chi connectivity index (χ2v) is 8.89. The maximum absolute atomic E-state index is 13.7. The Morgan fingerprint density at radius 1 is 1.27 bits per heavy atom. The Morgan fingerprint density at radius 3 is 2.62 bits per heavy atom. The topological polar surface area (TPSA) is 121 Å². The van der Waals surface area contributed by atoms with Gasteiger partial charge < -0.3 is 19.9 Å². The standard InChI is InChI=1S/C26H27F3N8O3/c1-4-6-9-36-22-19(33-25(36)35-10-7-31-8-11-35)15-32-37(23(22)38)16-18-13-21(40-5-2)20(12-17(18)14-30)34(3)24(39)26(27,28)29/h12-13,15,31H,5,7-11,16H2,1-3H3. The number of imidazole rings is 1. The Hall–Kier alpha value is -4.56. The molecule has 1 N–H and O–H groups in total. The maximum atomic E-state index is 13.7. The van der Waals surface area contributed by atoms with Crippen molar-refractivity contribution in [3.8, 4) is 23.7 Å². The van der Waals surface area contributed by atoms with E-state index in [4.69, 9.17) is 4.74 Å². The number of piperazine rings is 1. The fourth-order valence-corrected chi connectivity index (χ4v) is 4.44. The molecule has 0 bridgehead atoms. The van der Waals surface area contributed by atoms with Crippen molar-refractivity contribution in [1.82, 2.24) is 24.6 Å². The monoisotopic (exact) mass is 556 g/mol. The minimum Gasteiger partial charge on any atom is -0.492 e. The number of carbonyl (C=O) groups excluding carboxylic acids is 1. The van der Waals surface area contributed by atoms with Gasteiger partial charge in [-0.15, -0.1) is 5.92 Å². The second-order valence-electron chi connectivity index (χ2n) is 8.89. The van der Waals surface area contributed by atoms with Crippen LogP contribution in [0.2, 0.25) is 0 Å². The summed E-state index contributed by atoms with van der Waals surface area (Å²) in [5.41, 5.74) is 0.226.